The van der Waals surface area contributed by atoms with Gasteiger partial charge in [0.1, 0.15) is 11.1 Å². The number of rotatable bonds is 8. The van der Waals surface area contributed by atoms with Crippen molar-refractivity contribution in [2.45, 2.75) is 13.5 Å². The standard InChI is InChI=1S/C32H29N5O4/c1-21(38)29-30(37-15-17-40-18-16-37)25-12-11-23(19-28(25)41-31(29)39)35-32-33-14-13-27(36-32)24-9-5-6-10-26(24)34-20-22-7-3-2-4-8-22/h2-14,19,34H,15-18,20H2,1H3,(H,33,35,36). The van der Waals surface area contributed by atoms with E-state index in [4.69, 9.17) is 14.1 Å². The normalized spacial score (nSPS) is 13.2. The fourth-order valence-electron chi connectivity index (χ4n) is 5.04. The van der Waals surface area contributed by atoms with Gasteiger partial charge in [0.2, 0.25) is 5.95 Å². The molecule has 0 radical (unpaired) electrons. The number of morpholine rings is 1. The Balaban J connectivity index is 1.29. The minimum Gasteiger partial charge on any atom is -0.422 e. The van der Waals surface area contributed by atoms with Gasteiger partial charge in [-0.2, -0.15) is 0 Å². The van der Waals surface area contributed by atoms with Gasteiger partial charge in [-0.15, -0.1) is 0 Å². The number of nitrogens with zero attached hydrogens (tertiary/aromatic N) is 3. The van der Waals surface area contributed by atoms with E-state index in [2.05, 4.69) is 27.8 Å². The van der Waals surface area contributed by atoms with Gasteiger partial charge < -0.3 is 24.7 Å². The van der Waals surface area contributed by atoms with Crippen LogP contribution >= 0.6 is 0 Å². The number of Topliss-reactive ketones (excluding diaryl/α,β-unsaturated/α-hetero) is 1. The zero-order chi connectivity index (χ0) is 28.2. The van der Waals surface area contributed by atoms with E-state index in [9.17, 15) is 9.59 Å². The number of ether oxygens (including phenoxy) is 1. The average Bonchev–Trinajstić information content (AvgIpc) is 3.00. The average molecular weight is 548 g/mol. The minimum atomic E-state index is -0.651. The van der Waals surface area contributed by atoms with Crippen LogP contribution in [0.5, 0.6) is 0 Å². The molecule has 1 fully saturated rings. The zero-order valence-corrected chi connectivity index (χ0v) is 22.6. The summed E-state index contributed by atoms with van der Waals surface area (Å²) >= 11 is 0. The Labute approximate surface area is 236 Å². The SMILES string of the molecule is CC(=O)c1c(N2CCOCC2)c2ccc(Nc3nccc(-c4ccccc4NCc4ccccc4)n3)cc2oc1=O. The van der Waals surface area contributed by atoms with Crippen molar-refractivity contribution in [1.82, 2.24) is 9.97 Å². The number of nitrogens with one attached hydrogen (secondary N) is 2. The van der Waals surface area contributed by atoms with Crippen molar-refractivity contribution in [2.75, 3.05) is 41.8 Å². The van der Waals surface area contributed by atoms with Crippen LogP contribution < -0.4 is 21.2 Å². The first kappa shape index (κ1) is 26.2. The molecule has 2 N–H and O–H groups in total. The number of aromatic nitrogens is 2. The van der Waals surface area contributed by atoms with Crippen molar-refractivity contribution in [3.8, 4) is 11.3 Å². The summed E-state index contributed by atoms with van der Waals surface area (Å²) in [7, 11) is 0. The van der Waals surface area contributed by atoms with Crippen molar-refractivity contribution in [3.05, 3.63) is 107 Å². The van der Waals surface area contributed by atoms with Crippen LogP contribution in [0.3, 0.4) is 0 Å². The predicted molar refractivity (Wildman–Crippen MR) is 160 cm³/mol. The lowest BCUT2D eigenvalue weighted by molar-refractivity contribution is 0.101. The van der Waals surface area contributed by atoms with E-state index in [1.54, 1.807) is 12.3 Å². The molecule has 2 aromatic heterocycles. The molecule has 0 bridgehead atoms. The van der Waals surface area contributed by atoms with Crippen LogP contribution in [-0.2, 0) is 11.3 Å². The van der Waals surface area contributed by atoms with Gasteiger partial charge in [-0.1, -0.05) is 48.5 Å². The molecule has 1 saturated heterocycles. The molecule has 0 saturated carbocycles. The Bertz CT molecular complexity index is 1760. The third kappa shape index (κ3) is 5.66. The summed E-state index contributed by atoms with van der Waals surface area (Å²) in [4.78, 5) is 36.5. The molecule has 0 atom stereocenters. The Morgan fingerprint density at radius 1 is 0.976 bits per heavy atom. The predicted octanol–water partition coefficient (Wildman–Crippen LogP) is 5.64. The highest BCUT2D eigenvalue weighted by Gasteiger charge is 2.24. The van der Waals surface area contributed by atoms with Gasteiger partial charge in [0, 0.05) is 54.2 Å². The fourth-order valence-corrected chi connectivity index (χ4v) is 5.04. The Hall–Kier alpha value is -5.02. The van der Waals surface area contributed by atoms with Crippen LogP contribution in [-0.4, -0.2) is 42.1 Å². The number of ketones is 1. The minimum absolute atomic E-state index is 0.0654. The molecular formula is C32H29N5O4. The van der Waals surface area contributed by atoms with E-state index < -0.39 is 5.63 Å². The van der Waals surface area contributed by atoms with Gasteiger partial charge in [-0.25, -0.2) is 14.8 Å². The second kappa shape index (κ2) is 11.6. The number of hydrogen-bond donors (Lipinski definition) is 2. The molecule has 9 nitrogen and oxygen atoms in total. The van der Waals surface area contributed by atoms with Gasteiger partial charge in [0.25, 0.3) is 0 Å². The second-order valence-electron chi connectivity index (χ2n) is 9.75. The maximum absolute atomic E-state index is 12.9. The lowest BCUT2D eigenvalue weighted by Crippen LogP contribution is -2.38. The maximum Gasteiger partial charge on any atom is 0.349 e. The summed E-state index contributed by atoms with van der Waals surface area (Å²) in [6.07, 6.45) is 1.70. The Kier molecular flexibility index (Phi) is 7.42. The molecule has 0 aliphatic carbocycles. The van der Waals surface area contributed by atoms with Crippen molar-refractivity contribution in [1.29, 1.82) is 0 Å². The smallest absolute Gasteiger partial charge is 0.349 e. The first-order chi connectivity index (χ1) is 20.1. The number of carbonyl (C=O) groups excluding carboxylic acids is 1. The molecule has 5 aromatic rings. The van der Waals surface area contributed by atoms with E-state index in [0.29, 0.717) is 61.1 Å². The molecule has 0 amide bonds. The summed E-state index contributed by atoms with van der Waals surface area (Å²) in [5.41, 5.74) is 4.88. The Morgan fingerprint density at radius 2 is 1.76 bits per heavy atom. The summed E-state index contributed by atoms with van der Waals surface area (Å²) in [6, 6.07) is 25.5. The number of fused-ring (bicyclic) bond motifs is 1. The highest BCUT2D eigenvalue weighted by molar-refractivity contribution is 6.07. The molecule has 1 aliphatic rings. The van der Waals surface area contributed by atoms with Crippen LogP contribution in [0.2, 0.25) is 0 Å². The first-order valence-corrected chi connectivity index (χ1v) is 13.5. The summed E-state index contributed by atoms with van der Waals surface area (Å²) < 4.78 is 11.1. The van der Waals surface area contributed by atoms with Crippen molar-refractivity contribution < 1.29 is 13.9 Å². The van der Waals surface area contributed by atoms with Gasteiger partial charge in [0.05, 0.1) is 24.6 Å². The van der Waals surface area contributed by atoms with Gasteiger partial charge >= 0.3 is 5.63 Å². The molecule has 0 unspecified atom stereocenters. The van der Waals surface area contributed by atoms with Gasteiger partial charge in [-0.3, -0.25) is 4.79 Å². The number of benzene rings is 3. The number of carbonyl (C=O) groups is 1. The van der Waals surface area contributed by atoms with Crippen molar-refractivity contribution in [2.24, 2.45) is 0 Å². The van der Waals surface area contributed by atoms with Gasteiger partial charge in [-0.05, 0) is 36.8 Å². The van der Waals surface area contributed by atoms with Crippen LogP contribution in [0.4, 0.5) is 23.0 Å². The van der Waals surface area contributed by atoms with Crippen LogP contribution in [0.25, 0.3) is 22.2 Å². The zero-order valence-electron chi connectivity index (χ0n) is 22.6. The molecule has 0 spiro atoms. The largest absolute Gasteiger partial charge is 0.422 e. The van der Waals surface area contributed by atoms with Crippen LogP contribution in [0.15, 0.2) is 94.3 Å². The summed E-state index contributed by atoms with van der Waals surface area (Å²) in [6.45, 7) is 4.29. The van der Waals surface area contributed by atoms with Crippen molar-refractivity contribution in [3.63, 3.8) is 0 Å². The first-order valence-electron chi connectivity index (χ1n) is 13.5. The van der Waals surface area contributed by atoms with E-state index in [0.717, 1.165) is 16.9 Å². The molecule has 41 heavy (non-hydrogen) atoms. The lowest BCUT2D eigenvalue weighted by atomic mass is 10.1. The number of anilines is 4. The highest BCUT2D eigenvalue weighted by atomic mass is 16.5. The monoisotopic (exact) mass is 547 g/mol. The highest BCUT2D eigenvalue weighted by Crippen LogP contribution is 2.33. The van der Waals surface area contributed by atoms with E-state index >= 15 is 0 Å². The van der Waals surface area contributed by atoms with E-state index in [1.807, 2.05) is 65.6 Å². The Morgan fingerprint density at radius 3 is 2.56 bits per heavy atom. The van der Waals surface area contributed by atoms with Crippen molar-refractivity contribution >= 4 is 39.8 Å². The van der Waals surface area contributed by atoms with Crippen LogP contribution in [0, 0.1) is 0 Å². The maximum atomic E-state index is 12.9. The fraction of sp³-hybridized carbons (Fsp3) is 0.188. The molecule has 3 aromatic carbocycles. The van der Waals surface area contributed by atoms with Crippen LogP contribution in [0.1, 0.15) is 22.8 Å². The topological polar surface area (TPSA) is 110 Å². The quantitative estimate of drug-likeness (QED) is 0.188. The molecule has 206 valence electrons. The molecule has 1 aliphatic heterocycles. The number of hydrogen-bond acceptors (Lipinski definition) is 9. The molecular weight excluding hydrogens is 518 g/mol. The molecule has 3 heterocycles. The lowest BCUT2D eigenvalue weighted by Gasteiger charge is -2.30. The summed E-state index contributed by atoms with van der Waals surface area (Å²) in [5, 5.41) is 7.43. The third-order valence-electron chi connectivity index (χ3n) is 7.00. The van der Waals surface area contributed by atoms with Gasteiger partial charge in [0.15, 0.2) is 5.78 Å². The summed E-state index contributed by atoms with van der Waals surface area (Å²) in [5.74, 6) is 0.0731. The molecule has 9 heteroatoms. The third-order valence-corrected chi connectivity index (χ3v) is 7.00. The van der Waals surface area contributed by atoms with E-state index in [-0.39, 0.29) is 11.3 Å². The van der Waals surface area contributed by atoms with E-state index in [1.165, 1.54) is 12.5 Å². The number of para-hydroxylation sites is 1. The molecule has 6 rings (SSSR count). The second-order valence-corrected chi connectivity index (χ2v) is 9.75.